The van der Waals surface area contributed by atoms with Crippen LogP contribution in [-0.2, 0) is 16.6 Å². The van der Waals surface area contributed by atoms with Gasteiger partial charge in [0.25, 0.3) is 0 Å². The van der Waals surface area contributed by atoms with Gasteiger partial charge in [0.2, 0.25) is 10.0 Å². The van der Waals surface area contributed by atoms with Crippen molar-refractivity contribution in [2.24, 2.45) is 0 Å². The maximum atomic E-state index is 12.1. The van der Waals surface area contributed by atoms with Crippen LogP contribution in [0.5, 0.6) is 0 Å². The number of nitrogens with one attached hydrogen (secondary N) is 2. The van der Waals surface area contributed by atoms with Crippen LogP contribution in [0.2, 0.25) is 0 Å². The molecule has 0 amide bonds. The fourth-order valence-corrected chi connectivity index (χ4v) is 3.01. The van der Waals surface area contributed by atoms with Crippen LogP contribution < -0.4 is 4.72 Å². The lowest BCUT2D eigenvalue weighted by Gasteiger charge is -2.05. The van der Waals surface area contributed by atoms with Crippen LogP contribution in [0.3, 0.4) is 0 Å². The first-order valence-electron chi connectivity index (χ1n) is 5.32. The molecule has 0 fully saturated rings. The molecule has 0 unspecified atom stereocenters. The van der Waals surface area contributed by atoms with Crippen LogP contribution in [0, 0.1) is 20.8 Å². The molecule has 0 atom stereocenters. The van der Waals surface area contributed by atoms with Gasteiger partial charge in [0.1, 0.15) is 10.7 Å². The maximum absolute atomic E-state index is 12.1. The van der Waals surface area contributed by atoms with E-state index in [1.807, 2.05) is 0 Å². The van der Waals surface area contributed by atoms with E-state index in [1.165, 1.54) is 6.39 Å². The monoisotopic (exact) mass is 270 g/mol. The van der Waals surface area contributed by atoms with Gasteiger partial charge in [-0.25, -0.2) is 18.1 Å². The Hall–Kier alpha value is -1.67. The molecule has 2 heterocycles. The van der Waals surface area contributed by atoms with Crippen molar-refractivity contribution >= 4 is 10.0 Å². The van der Waals surface area contributed by atoms with Gasteiger partial charge < -0.3 is 4.42 Å². The lowest BCUT2D eigenvalue weighted by molar-refractivity contribution is 0.492. The summed E-state index contributed by atoms with van der Waals surface area (Å²) in [6.07, 6.45) is 1.29. The van der Waals surface area contributed by atoms with Crippen molar-refractivity contribution in [3.05, 3.63) is 29.2 Å². The molecule has 0 bridgehead atoms. The zero-order valence-electron chi connectivity index (χ0n) is 10.3. The van der Waals surface area contributed by atoms with Gasteiger partial charge in [-0.1, -0.05) is 0 Å². The standard InChI is InChI=1S/C10H14N4O3S/c1-6-9(17-5-11-6)4-12-18(15,16)10-7(2)13-14-8(10)3/h5,12H,4H2,1-3H3,(H,13,14). The summed E-state index contributed by atoms with van der Waals surface area (Å²) >= 11 is 0. The number of hydrogen-bond acceptors (Lipinski definition) is 5. The van der Waals surface area contributed by atoms with Gasteiger partial charge in [-0.3, -0.25) is 5.10 Å². The fraction of sp³-hybridized carbons (Fsp3) is 0.400. The number of rotatable bonds is 4. The molecule has 0 aliphatic heterocycles. The molecule has 8 heteroatoms. The summed E-state index contributed by atoms with van der Waals surface area (Å²) in [7, 11) is -3.60. The van der Waals surface area contributed by atoms with E-state index in [0.717, 1.165) is 0 Å². The van der Waals surface area contributed by atoms with Crippen LogP contribution in [0.15, 0.2) is 15.7 Å². The number of aromatic nitrogens is 3. The minimum Gasteiger partial charge on any atom is -0.447 e. The predicted molar refractivity (Wildman–Crippen MR) is 63.3 cm³/mol. The smallest absolute Gasteiger partial charge is 0.244 e. The highest BCUT2D eigenvalue weighted by Crippen LogP contribution is 2.17. The minimum absolute atomic E-state index is 0.0677. The van der Waals surface area contributed by atoms with Crippen LogP contribution in [0.25, 0.3) is 0 Å². The average molecular weight is 270 g/mol. The molecule has 2 aromatic heterocycles. The Balaban J connectivity index is 2.21. The number of sulfonamides is 1. The highest BCUT2D eigenvalue weighted by Gasteiger charge is 2.22. The Bertz CT molecular complexity index is 637. The number of aryl methyl sites for hydroxylation is 3. The molecule has 2 rings (SSSR count). The minimum atomic E-state index is -3.60. The Kier molecular flexibility index (Phi) is 3.22. The van der Waals surface area contributed by atoms with Crippen molar-refractivity contribution < 1.29 is 12.8 Å². The van der Waals surface area contributed by atoms with Gasteiger partial charge in [0, 0.05) is 0 Å². The Morgan fingerprint density at radius 1 is 1.33 bits per heavy atom. The summed E-state index contributed by atoms with van der Waals surface area (Å²) in [6.45, 7) is 5.12. The van der Waals surface area contributed by atoms with E-state index in [4.69, 9.17) is 4.42 Å². The molecule has 0 radical (unpaired) electrons. The highest BCUT2D eigenvalue weighted by molar-refractivity contribution is 7.89. The van der Waals surface area contributed by atoms with E-state index >= 15 is 0 Å². The SMILES string of the molecule is Cc1ncoc1CNS(=O)(=O)c1c(C)n[nH]c1C. The molecule has 0 aliphatic rings. The van der Waals surface area contributed by atoms with E-state index in [0.29, 0.717) is 22.8 Å². The van der Waals surface area contributed by atoms with Gasteiger partial charge in [0.15, 0.2) is 6.39 Å². The molecule has 18 heavy (non-hydrogen) atoms. The zero-order valence-corrected chi connectivity index (χ0v) is 11.1. The quantitative estimate of drug-likeness (QED) is 0.855. The lowest BCUT2D eigenvalue weighted by atomic mass is 10.4. The van der Waals surface area contributed by atoms with Crippen LogP contribution in [0.1, 0.15) is 22.8 Å². The van der Waals surface area contributed by atoms with Gasteiger partial charge in [-0.05, 0) is 20.8 Å². The number of aromatic amines is 1. The van der Waals surface area contributed by atoms with E-state index in [1.54, 1.807) is 20.8 Å². The number of nitrogens with zero attached hydrogens (tertiary/aromatic N) is 2. The van der Waals surface area contributed by atoms with E-state index in [2.05, 4.69) is 19.9 Å². The van der Waals surface area contributed by atoms with Gasteiger partial charge in [-0.15, -0.1) is 0 Å². The number of H-pyrrole nitrogens is 1. The first-order chi connectivity index (χ1) is 8.42. The third-order valence-corrected chi connectivity index (χ3v) is 4.26. The summed E-state index contributed by atoms with van der Waals surface area (Å²) < 4.78 is 31.8. The molecule has 0 saturated heterocycles. The predicted octanol–water partition coefficient (Wildman–Crippen LogP) is 0.801. The largest absolute Gasteiger partial charge is 0.447 e. The number of oxazole rings is 1. The van der Waals surface area contributed by atoms with Crippen molar-refractivity contribution in [1.82, 2.24) is 19.9 Å². The third kappa shape index (κ3) is 2.29. The van der Waals surface area contributed by atoms with Crippen LogP contribution >= 0.6 is 0 Å². The van der Waals surface area contributed by atoms with E-state index < -0.39 is 10.0 Å². The fourth-order valence-electron chi connectivity index (χ4n) is 1.67. The second kappa shape index (κ2) is 4.54. The molecule has 7 nitrogen and oxygen atoms in total. The average Bonchev–Trinajstić information content (AvgIpc) is 2.83. The van der Waals surface area contributed by atoms with Crippen LogP contribution in [0.4, 0.5) is 0 Å². The van der Waals surface area contributed by atoms with E-state index in [-0.39, 0.29) is 11.4 Å². The van der Waals surface area contributed by atoms with E-state index in [9.17, 15) is 8.42 Å². The molecule has 0 spiro atoms. The third-order valence-electron chi connectivity index (χ3n) is 2.60. The molecule has 2 N–H and O–H groups in total. The Labute approximate surface area is 105 Å². The lowest BCUT2D eigenvalue weighted by Crippen LogP contribution is -2.24. The summed E-state index contributed by atoms with van der Waals surface area (Å²) in [5.41, 5.74) is 1.61. The van der Waals surface area contributed by atoms with Gasteiger partial charge in [-0.2, -0.15) is 5.10 Å². The van der Waals surface area contributed by atoms with Crippen molar-refractivity contribution in [2.75, 3.05) is 0 Å². The molecular formula is C10H14N4O3S. The first-order valence-corrected chi connectivity index (χ1v) is 6.80. The summed E-state index contributed by atoms with van der Waals surface area (Å²) in [5, 5.41) is 6.51. The molecule has 0 saturated carbocycles. The van der Waals surface area contributed by atoms with Gasteiger partial charge in [0.05, 0.1) is 23.6 Å². The Morgan fingerprint density at radius 2 is 2.06 bits per heavy atom. The van der Waals surface area contributed by atoms with Crippen molar-refractivity contribution in [3.63, 3.8) is 0 Å². The normalized spacial score (nSPS) is 11.9. The van der Waals surface area contributed by atoms with Crippen molar-refractivity contribution in [2.45, 2.75) is 32.2 Å². The highest BCUT2D eigenvalue weighted by atomic mass is 32.2. The molecule has 0 aliphatic carbocycles. The molecule has 2 aromatic rings. The number of hydrogen-bond donors (Lipinski definition) is 2. The first kappa shape index (κ1) is 12.8. The topological polar surface area (TPSA) is 101 Å². The summed E-state index contributed by atoms with van der Waals surface area (Å²) in [4.78, 5) is 4.08. The molecule has 98 valence electrons. The zero-order chi connectivity index (χ0) is 13.3. The maximum Gasteiger partial charge on any atom is 0.244 e. The second-order valence-corrected chi connectivity index (χ2v) is 5.65. The van der Waals surface area contributed by atoms with Gasteiger partial charge >= 0.3 is 0 Å². The summed E-state index contributed by atoms with van der Waals surface area (Å²) in [6, 6.07) is 0. The second-order valence-electron chi connectivity index (χ2n) is 3.95. The molecule has 0 aromatic carbocycles. The van der Waals surface area contributed by atoms with Crippen molar-refractivity contribution in [3.8, 4) is 0 Å². The van der Waals surface area contributed by atoms with Crippen LogP contribution in [-0.4, -0.2) is 23.6 Å². The Morgan fingerprint density at radius 3 is 2.56 bits per heavy atom. The van der Waals surface area contributed by atoms with Crippen molar-refractivity contribution in [1.29, 1.82) is 0 Å². The summed E-state index contributed by atoms with van der Waals surface area (Å²) in [5.74, 6) is 0.498. The molecular weight excluding hydrogens is 256 g/mol.